The van der Waals surface area contributed by atoms with Crippen LogP contribution in [0.15, 0.2) is 72.9 Å². The van der Waals surface area contributed by atoms with Gasteiger partial charge >= 0.3 is 0 Å². The van der Waals surface area contributed by atoms with E-state index in [0.29, 0.717) is 5.56 Å². The Labute approximate surface area is 134 Å². The number of primary amides is 1. The van der Waals surface area contributed by atoms with Crippen LogP contribution in [0.2, 0.25) is 0 Å². The maximum atomic E-state index is 11.4. The van der Waals surface area contributed by atoms with E-state index >= 15 is 0 Å². The van der Waals surface area contributed by atoms with E-state index in [1.807, 2.05) is 24.4 Å². The zero-order chi connectivity index (χ0) is 15.8. The summed E-state index contributed by atoms with van der Waals surface area (Å²) < 4.78 is 2.14. The molecule has 0 aliphatic carbocycles. The number of fused-ring (bicyclic) bond motifs is 2. The molecule has 1 aromatic heterocycles. The summed E-state index contributed by atoms with van der Waals surface area (Å²) in [5, 5.41) is 3.58. The van der Waals surface area contributed by atoms with Crippen molar-refractivity contribution < 1.29 is 4.79 Å². The van der Waals surface area contributed by atoms with Crippen molar-refractivity contribution in [2.24, 2.45) is 5.73 Å². The predicted molar refractivity (Wildman–Crippen MR) is 93.5 cm³/mol. The van der Waals surface area contributed by atoms with E-state index in [4.69, 9.17) is 5.73 Å². The second-order valence-corrected chi connectivity index (χ2v) is 5.76. The fourth-order valence-corrected chi connectivity index (χ4v) is 3.01. The normalized spacial score (nSPS) is 11.1. The second kappa shape index (κ2) is 5.29. The Hall–Kier alpha value is -3.07. The van der Waals surface area contributed by atoms with Crippen molar-refractivity contribution in [1.29, 1.82) is 0 Å². The van der Waals surface area contributed by atoms with Crippen LogP contribution in [-0.2, 0) is 6.54 Å². The molecule has 4 rings (SSSR count). The summed E-state index contributed by atoms with van der Waals surface area (Å²) in [6, 6.07) is 22.5. The molecule has 2 N–H and O–H groups in total. The van der Waals surface area contributed by atoms with Gasteiger partial charge in [0.15, 0.2) is 0 Å². The van der Waals surface area contributed by atoms with E-state index in [-0.39, 0.29) is 0 Å². The summed E-state index contributed by atoms with van der Waals surface area (Å²) in [5.74, 6) is -0.398. The number of nitrogens with two attached hydrogens (primary N) is 1. The Morgan fingerprint density at radius 1 is 0.870 bits per heavy atom. The minimum Gasteiger partial charge on any atom is -0.366 e. The maximum absolute atomic E-state index is 11.4. The Balaban J connectivity index is 1.76. The third-order valence-corrected chi connectivity index (χ3v) is 4.23. The first-order chi connectivity index (χ1) is 11.2. The van der Waals surface area contributed by atoms with Crippen molar-refractivity contribution >= 4 is 27.6 Å². The molecule has 1 amide bonds. The van der Waals surface area contributed by atoms with E-state index in [9.17, 15) is 4.79 Å². The molecule has 3 heteroatoms. The average Bonchev–Trinajstić information content (AvgIpc) is 2.97. The van der Waals surface area contributed by atoms with E-state index in [2.05, 4.69) is 47.0 Å². The van der Waals surface area contributed by atoms with E-state index in [1.165, 1.54) is 16.3 Å². The van der Waals surface area contributed by atoms with Crippen LogP contribution in [0.3, 0.4) is 0 Å². The molecule has 0 bridgehead atoms. The number of rotatable bonds is 3. The Morgan fingerprint density at radius 2 is 1.65 bits per heavy atom. The molecule has 3 aromatic carbocycles. The first-order valence-electron chi connectivity index (χ1n) is 7.57. The molecule has 0 unspecified atom stereocenters. The molecule has 0 fully saturated rings. The largest absolute Gasteiger partial charge is 0.366 e. The lowest BCUT2D eigenvalue weighted by Crippen LogP contribution is -2.10. The summed E-state index contributed by atoms with van der Waals surface area (Å²) in [5.41, 5.74) is 8.18. The average molecular weight is 300 g/mol. The third kappa shape index (κ3) is 2.46. The lowest BCUT2D eigenvalue weighted by molar-refractivity contribution is 0.100. The van der Waals surface area contributed by atoms with E-state index in [0.717, 1.165) is 17.4 Å². The SMILES string of the molecule is NC(=O)c1ccc2ccn(Cc3ccc4ccccc4c3)c2c1. The van der Waals surface area contributed by atoms with Gasteiger partial charge in [-0.2, -0.15) is 0 Å². The number of hydrogen-bond acceptors (Lipinski definition) is 1. The van der Waals surface area contributed by atoms with Crippen LogP contribution in [0.4, 0.5) is 0 Å². The summed E-state index contributed by atoms with van der Waals surface area (Å²) in [6.07, 6.45) is 2.05. The minimum absolute atomic E-state index is 0.398. The Kier molecular flexibility index (Phi) is 3.12. The number of carbonyl (C=O) groups is 1. The minimum atomic E-state index is -0.398. The van der Waals surface area contributed by atoms with Gasteiger partial charge in [-0.1, -0.05) is 42.5 Å². The highest BCUT2D eigenvalue weighted by Gasteiger charge is 2.06. The standard InChI is InChI=1S/C20H16N2O/c21-20(23)18-8-7-16-9-10-22(19(16)12-18)13-14-5-6-15-3-1-2-4-17(15)11-14/h1-12H,13H2,(H2,21,23). The number of hydrogen-bond donors (Lipinski definition) is 1. The fourth-order valence-electron chi connectivity index (χ4n) is 3.01. The van der Waals surface area contributed by atoms with Crippen LogP contribution < -0.4 is 5.73 Å². The number of benzene rings is 3. The van der Waals surface area contributed by atoms with Crippen molar-refractivity contribution in [3.8, 4) is 0 Å². The molecule has 4 aromatic rings. The van der Waals surface area contributed by atoms with Gasteiger partial charge in [0.1, 0.15) is 0 Å². The zero-order valence-corrected chi connectivity index (χ0v) is 12.6. The first kappa shape index (κ1) is 13.6. The number of aromatic nitrogens is 1. The van der Waals surface area contributed by atoms with Crippen LogP contribution in [0.25, 0.3) is 21.7 Å². The number of amides is 1. The zero-order valence-electron chi connectivity index (χ0n) is 12.6. The smallest absolute Gasteiger partial charge is 0.248 e. The monoisotopic (exact) mass is 300 g/mol. The molecular weight excluding hydrogens is 284 g/mol. The van der Waals surface area contributed by atoms with Gasteiger partial charge in [-0.15, -0.1) is 0 Å². The highest BCUT2D eigenvalue weighted by atomic mass is 16.1. The number of carbonyl (C=O) groups excluding carboxylic acids is 1. The fraction of sp³-hybridized carbons (Fsp3) is 0.0500. The third-order valence-electron chi connectivity index (χ3n) is 4.23. The van der Waals surface area contributed by atoms with Crippen LogP contribution in [0.1, 0.15) is 15.9 Å². The van der Waals surface area contributed by atoms with Crippen molar-refractivity contribution in [1.82, 2.24) is 4.57 Å². The quantitative estimate of drug-likeness (QED) is 0.612. The molecule has 0 aliphatic rings. The molecular formula is C20H16N2O. The molecule has 112 valence electrons. The molecule has 0 radical (unpaired) electrons. The van der Waals surface area contributed by atoms with Crippen LogP contribution >= 0.6 is 0 Å². The summed E-state index contributed by atoms with van der Waals surface area (Å²) >= 11 is 0. The lowest BCUT2D eigenvalue weighted by Gasteiger charge is -2.08. The molecule has 1 heterocycles. The van der Waals surface area contributed by atoms with Crippen molar-refractivity contribution in [3.63, 3.8) is 0 Å². The topological polar surface area (TPSA) is 48.0 Å². The van der Waals surface area contributed by atoms with Crippen molar-refractivity contribution in [3.05, 3.63) is 84.1 Å². The summed E-state index contributed by atoms with van der Waals surface area (Å²) in [7, 11) is 0. The van der Waals surface area contributed by atoms with Gasteiger partial charge in [0.25, 0.3) is 0 Å². The molecule has 0 saturated heterocycles. The van der Waals surface area contributed by atoms with E-state index in [1.54, 1.807) is 6.07 Å². The Morgan fingerprint density at radius 3 is 2.48 bits per heavy atom. The van der Waals surface area contributed by atoms with E-state index < -0.39 is 5.91 Å². The maximum Gasteiger partial charge on any atom is 0.248 e. The molecule has 0 spiro atoms. The van der Waals surface area contributed by atoms with Crippen molar-refractivity contribution in [2.45, 2.75) is 6.54 Å². The van der Waals surface area contributed by atoms with Gasteiger partial charge < -0.3 is 10.3 Å². The first-order valence-corrected chi connectivity index (χ1v) is 7.57. The van der Waals surface area contributed by atoms with Gasteiger partial charge in [-0.25, -0.2) is 0 Å². The summed E-state index contributed by atoms with van der Waals surface area (Å²) in [4.78, 5) is 11.4. The molecule has 23 heavy (non-hydrogen) atoms. The van der Waals surface area contributed by atoms with Crippen molar-refractivity contribution in [2.75, 3.05) is 0 Å². The van der Waals surface area contributed by atoms with Gasteiger partial charge in [-0.3, -0.25) is 4.79 Å². The highest BCUT2D eigenvalue weighted by Crippen LogP contribution is 2.21. The molecule has 3 nitrogen and oxygen atoms in total. The summed E-state index contributed by atoms with van der Waals surface area (Å²) in [6.45, 7) is 0.760. The number of nitrogens with zero attached hydrogens (tertiary/aromatic N) is 1. The molecule has 0 saturated carbocycles. The van der Waals surface area contributed by atoms with Crippen LogP contribution in [-0.4, -0.2) is 10.5 Å². The molecule has 0 atom stereocenters. The lowest BCUT2D eigenvalue weighted by atomic mass is 10.1. The van der Waals surface area contributed by atoms with Gasteiger partial charge in [0.05, 0.1) is 0 Å². The Bertz CT molecular complexity index is 1030. The molecule has 0 aliphatic heterocycles. The highest BCUT2D eigenvalue weighted by molar-refractivity contribution is 5.97. The predicted octanol–water partition coefficient (Wildman–Crippen LogP) is 3.94. The van der Waals surface area contributed by atoms with Gasteiger partial charge in [-0.05, 0) is 46.0 Å². The van der Waals surface area contributed by atoms with Crippen LogP contribution in [0.5, 0.6) is 0 Å². The van der Waals surface area contributed by atoms with Gasteiger partial charge in [0, 0.05) is 23.8 Å². The second-order valence-electron chi connectivity index (χ2n) is 5.76. The van der Waals surface area contributed by atoms with Gasteiger partial charge in [0.2, 0.25) is 5.91 Å². The van der Waals surface area contributed by atoms with Crippen LogP contribution in [0, 0.1) is 0 Å².